The molecule has 0 heterocycles. The van der Waals surface area contributed by atoms with Crippen molar-refractivity contribution >= 4 is 12.3 Å². The molecule has 0 amide bonds. The fourth-order valence-electron chi connectivity index (χ4n) is 1.45. The van der Waals surface area contributed by atoms with Crippen molar-refractivity contribution in [2.75, 3.05) is 7.11 Å². The van der Waals surface area contributed by atoms with Crippen LogP contribution in [0.5, 0.6) is 11.5 Å². The Balaban J connectivity index is 3.06. The maximum Gasteiger partial charge on any atom is 0.345 e. The second kappa shape index (κ2) is 6.05. The van der Waals surface area contributed by atoms with E-state index in [1.54, 1.807) is 19.9 Å². The van der Waals surface area contributed by atoms with Gasteiger partial charge in [-0.05, 0) is 12.1 Å². The summed E-state index contributed by atoms with van der Waals surface area (Å²) in [5.74, 6) is -0.563. The molecule has 1 rings (SSSR count). The summed E-state index contributed by atoms with van der Waals surface area (Å²) in [7, 11) is 1.48. The van der Waals surface area contributed by atoms with E-state index in [4.69, 9.17) is 14.6 Å². The van der Waals surface area contributed by atoms with Crippen LogP contribution in [-0.2, 0) is 4.79 Å². The molecule has 0 fully saturated rings. The zero-order valence-electron chi connectivity index (χ0n) is 10.5. The molecule has 0 radical (unpaired) electrons. The molecule has 98 valence electrons. The molecule has 1 aromatic carbocycles. The summed E-state index contributed by atoms with van der Waals surface area (Å²) in [5.41, 5.74) is 0.294. The Kier molecular flexibility index (Phi) is 4.71. The van der Waals surface area contributed by atoms with Gasteiger partial charge in [0, 0.05) is 12.0 Å². The highest BCUT2D eigenvalue weighted by molar-refractivity contribution is 5.80. The van der Waals surface area contributed by atoms with Crippen LogP contribution < -0.4 is 9.47 Å². The molecule has 1 aromatic rings. The van der Waals surface area contributed by atoms with Gasteiger partial charge in [-0.15, -0.1) is 0 Å². The largest absolute Gasteiger partial charge is 0.497 e. The summed E-state index contributed by atoms with van der Waals surface area (Å²) in [6.07, 6.45) is -0.385. The van der Waals surface area contributed by atoms with Crippen LogP contribution >= 0.6 is 0 Å². The van der Waals surface area contributed by atoms with Gasteiger partial charge in [0.05, 0.1) is 12.7 Å². The van der Waals surface area contributed by atoms with Crippen molar-refractivity contribution in [1.82, 2.24) is 0 Å². The molecule has 0 aliphatic rings. The van der Waals surface area contributed by atoms with E-state index >= 15 is 0 Å². The molecule has 1 atom stereocenters. The average Bonchev–Trinajstić information content (AvgIpc) is 2.34. The van der Waals surface area contributed by atoms with E-state index in [0.29, 0.717) is 17.6 Å². The van der Waals surface area contributed by atoms with Crippen LogP contribution in [0.25, 0.3) is 0 Å². The SMILES string of the molecule is COc1ccc(C=O)c(OC(C(=O)O)C(C)C)c1. The van der Waals surface area contributed by atoms with Crippen LogP contribution in [0, 0.1) is 5.92 Å². The van der Waals surface area contributed by atoms with Gasteiger partial charge in [0.1, 0.15) is 11.5 Å². The normalized spacial score (nSPS) is 12.0. The topological polar surface area (TPSA) is 72.8 Å². The number of carboxylic acid groups (broad SMARTS) is 1. The van der Waals surface area contributed by atoms with E-state index in [1.807, 2.05) is 0 Å². The highest BCUT2D eigenvalue weighted by Gasteiger charge is 2.24. The number of methoxy groups -OCH3 is 1. The summed E-state index contributed by atoms with van der Waals surface area (Å²) >= 11 is 0. The smallest absolute Gasteiger partial charge is 0.345 e. The summed E-state index contributed by atoms with van der Waals surface area (Å²) < 4.78 is 10.4. The lowest BCUT2D eigenvalue weighted by Crippen LogP contribution is -2.32. The Bertz CT molecular complexity index is 439. The summed E-state index contributed by atoms with van der Waals surface area (Å²) in [5, 5.41) is 9.05. The fourth-order valence-corrected chi connectivity index (χ4v) is 1.45. The standard InChI is InChI=1S/C13H16O5/c1-8(2)12(13(15)16)18-11-6-10(17-3)5-4-9(11)7-14/h4-8,12H,1-3H3,(H,15,16). The van der Waals surface area contributed by atoms with Crippen LogP contribution in [0.15, 0.2) is 18.2 Å². The first-order chi connectivity index (χ1) is 8.49. The third-order valence-electron chi connectivity index (χ3n) is 2.45. The summed E-state index contributed by atoms with van der Waals surface area (Å²) in [6.45, 7) is 3.47. The highest BCUT2D eigenvalue weighted by atomic mass is 16.5. The number of hydrogen-bond acceptors (Lipinski definition) is 4. The Morgan fingerprint density at radius 3 is 2.50 bits per heavy atom. The number of aldehydes is 1. The lowest BCUT2D eigenvalue weighted by Gasteiger charge is -2.19. The minimum Gasteiger partial charge on any atom is -0.497 e. The van der Waals surface area contributed by atoms with Gasteiger partial charge >= 0.3 is 5.97 Å². The molecule has 5 heteroatoms. The Morgan fingerprint density at radius 2 is 2.06 bits per heavy atom. The third-order valence-corrected chi connectivity index (χ3v) is 2.45. The zero-order valence-corrected chi connectivity index (χ0v) is 10.5. The summed E-state index contributed by atoms with van der Waals surface area (Å²) in [6, 6.07) is 4.64. The van der Waals surface area contributed by atoms with Crippen molar-refractivity contribution in [2.24, 2.45) is 5.92 Å². The number of benzene rings is 1. The number of carbonyl (C=O) groups excluding carboxylic acids is 1. The Hall–Kier alpha value is -2.04. The zero-order chi connectivity index (χ0) is 13.7. The molecule has 0 aromatic heterocycles. The van der Waals surface area contributed by atoms with Crippen LogP contribution in [0.4, 0.5) is 0 Å². The maximum absolute atomic E-state index is 11.1. The molecule has 18 heavy (non-hydrogen) atoms. The van der Waals surface area contributed by atoms with Gasteiger partial charge in [-0.1, -0.05) is 13.8 Å². The molecule has 0 saturated carbocycles. The van der Waals surface area contributed by atoms with Crippen molar-refractivity contribution in [3.8, 4) is 11.5 Å². The first kappa shape index (κ1) is 14.0. The van der Waals surface area contributed by atoms with Gasteiger partial charge in [0.2, 0.25) is 0 Å². The summed E-state index contributed by atoms with van der Waals surface area (Å²) in [4.78, 5) is 21.9. The first-order valence-corrected chi connectivity index (χ1v) is 5.52. The van der Waals surface area contributed by atoms with Crippen LogP contribution in [0.2, 0.25) is 0 Å². The average molecular weight is 252 g/mol. The number of aliphatic carboxylic acids is 1. The monoisotopic (exact) mass is 252 g/mol. The van der Waals surface area contributed by atoms with E-state index in [-0.39, 0.29) is 11.7 Å². The number of hydrogen-bond donors (Lipinski definition) is 1. The molecular weight excluding hydrogens is 236 g/mol. The number of ether oxygens (including phenoxy) is 2. The minimum atomic E-state index is -1.07. The number of carboxylic acids is 1. The highest BCUT2D eigenvalue weighted by Crippen LogP contribution is 2.25. The van der Waals surface area contributed by atoms with Crippen molar-refractivity contribution in [3.63, 3.8) is 0 Å². The predicted octanol–water partition coefficient (Wildman–Crippen LogP) is 2.00. The first-order valence-electron chi connectivity index (χ1n) is 5.52. The fraction of sp³-hybridized carbons (Fsp3) is 0.385. The van der Waals surface area contributed by atoms with Gasteiger partial charge < -0.3 is 14.6 Å². The molecule has 0 aliphatic heterocycles. The van der Waals surface area contributed by atoms with Crippen molar-refractivity contribution < 1.29 is 24.2 Å². The molecule has 0 bridgehead atoms. The quantitative estimate of drug-likeness (QED) is 0.784. The van der Waals surface area contributed by atoms with Crippen molar-refractivity contribution in [3.05, 3.63) is 23.8 Å². The number of rotatable bonds is 6. The van der Waals surface area contributed by atoms with Gasteiger partial charge in [-0.25, -0.2) is 4.79 Å². The maximum atomic E-state index is 11.1. The van der Waals surface area contributed by atoms with E-state index in [2.05, 4.69) is 0 Å². The minimum absolute atomic E-state index is 0.213. The lowest BCUT2D eigenvalue weighted by molar-refractivity contribution is -0.147. The van der Waals surface area contributed by atoms with E-state index in [0.717, 1.165) is 0 Å². The molecule has 1 unspecified atom stereocenters. The van der Waals surface area contributed by atoms with Gasteiger partial charge in [0.15, 0.2) is 12.4 Å². The number of carbonyl (C=O) groups is 2. The lowest BCUT2D eigenvalue weighted by atomic mass is 10.1. The molecule has 0 saturated heterocycles. The van der Waals surface area contributed by atoms with Crippen molar-refractivity contribution in [2.45, 2.75) is 20.0 Å². The van der Waals surface area contributed by atoms with E-state index in [1.165, 1.54) is 19.2 Å². The van der Waals surface area contributed by atoms with E-state index in [9.17, 15) is 9.59 Å². The molecule has 0 spiro atoms. The second-order valence-corrected chi connectivity index (χ2v) is 4.14. The molecular formula is C13H16O5. The molecule has 5 nitrogen and oxygen atoms in total. The van der Waals surface area contributed by atoms with Gasteiger partial charge in [-0.2, -0.15) is 0 Å². The molecule has 0 aliphatic carbocycles. The predicted molar refractivity (Wildman–Crippen MR) is 65.3 cm³/mol. The van der Waals surface area contributed by atoms with E-state index < -0.39 is 12.1 Å². The van der Waals surface area contributed by atoms with Gasteiger partial charge in [-0.3, -0.25) is 4.79 Å². The molecule has 1 N–H and O–H groups in total. The van der Waals surface area contributed by atoms with Crippen LogP contribution in [-0.4, -0.2) is 30.6 Å². The van der Waals surface area contributed by atoms with Crippen molar-refractivity contribution in [1.29, 1.82) is 0 Å². The van der Waals surface area contributed by atoms with Crippen LogP contribution in [0.1, 0.15) is 24.2 Å². The second-order valence-electron chi connectivity index (χ2n) is 4.14. The third kappa shape index (κ3) is 3.23. The Morgan fingerprint density at radius 1 is 1.39 bits per heavy atom. The van der Waals surface area contributed by atoms with Gasteiger partial charge in [0.25, 0.3) is 0 Å². The Labute approximate surface area is 105 Å². The van der Waals surface area contributed by atoms with Crippen LogP contribution in [0.3, 0.4) is 0 Å².